The Hall–Kier alpha value is -2.63. The highest BCUT2D eigenvalue weighted by atomic mass is 28.4. The van der Waals surface area contributed by atoms with E-state index in [4.69, 9.17) is 10.3 Å². The average molecular weight is 521 g/mol. The molecule has 0 N–H and O–H groups in total. The van der Waals surface area contributed by atoms with E-state index in [2.05, 4.69) is 44.1 Å². The molecule has 0 aliphatic rings. The molecule has 0 aromatic heterocycles. The molecule has 0 radical (unpaired) electrons. The van der Waals surface area contributed by atoms with E-state index < -0.39 is 38.4 Å². The van der Waals surface area contributed by atoms with Crippen LogP contribution < -0.4 is 0 Å². The van der Waals surface area contributed by atoms with Crippen molar-refractivity contribution in [2.45, 2.75) is 84.2 Å². The third-order valence-corrected chi connectivity index (χ3v) is 14.7. The lowest BCUT2D eigenvalue weighted by atomic mass is 9.97. The van der Waals surface area contributed by atoms with Crippen LogP contribution in [0.5, 0.6) is 0 Å². The second-order valence-electron chi connectivity index (χ2n) is 12.1. The summed E-state index contributed by atoms with van der Waals surface area (Å²) in [7, 11) is -3.91. The van der Waals surface area contributed by atoms with Crippen molar-refractivity contribution in [1.82, 2.24) is 4.90 Å². The van der Waals surface area contributed by atoms with Crippen molar-refractivity contribution in [3.8, 4) is 0 Å². The second kappa shape index (κ2) is 11.9. The normalized spacial score (nSPS) is 13.1. The lowest BCUT2D eigenvalue weighted by Crippen LogP contribution is -2.68. The van der Waals surface area contributed by atoms with E-state index in [1.807, 2.05) is 0 Å². The average Bonchev–Trinajstić information content (AvgIpc) is 2.70. The van der Waals surface area contributed by atoms with Gasteiger partial charge >= 0.3 is 18.1 Å². The third-order valence-electron chi connectivity index (χ3n) is 5.67. The fourth-order valence-corrected chi connectivity index (χ4v) is 17.3. The van der Waals surface area contributed by atoms with Crippen molar-refractivity contribution in [1.29, 1.82) is 0 Å². The lowest BCUT2D eigenvalue weighted by molar-refractivity contribution is -0.384. The predicted octanol–water partition coefficient (Wildman–Crippen LogP) is 4.74. The van der Waals surface area contributed by atoms with Gasteiger partial charge in [0, 0.05) is 17.4 Å². The van der Waals surface area contributed by atoms with Gasteiger partial charge in [-0.1, -0.05) is 51.4 Å². The predicted molar refractivity (Wildman–Crippen MR) is 143 cm³/mol. The summed E-state index contributed by atoms with van der Waals surface area (Å²) in [6.07, 6.45) is 1.92. The number of carbonyl (C=O) groups is 2. The molecule has 1 atom stereocenters. The monoisotopic (exact) mass is 520 g/mol. The van der Waals surface area contributed by atoms with E-state index in [0.29, 0.717) is 12.8 Å². The van der Waals surface area contributed by atoms with E-state index in [-0.39, 0.29) is 23.6 Å². The molecule has 0 saturated carbocycles. The van der Waals surface area contributed by atoms with Crippen LogP contribution in [0.1, 0.15) is 32.8 Å². The molecule has 0 spiro atoms. The van der Waals surface area contributed by atoms with Gasteiger partial charge in [-0.05, 0) is 39.2 Å². The maximum absolute atomic E-state index is 13.3. The topological polar surface area (TPSA) is 126 Å². The largest absolute Gasteiger partial charge is 0.463 e. The van der Waals surface area contributed by atoms with Crippen LogP contribution in [0.15, 0.2) is 24.3 Å². The zero-order chi connectivity index (χ0) is 27.2. The van der Waals surface area contributed by atoms with Crippen LogP contribution in [0, 0.1) is 15.5 Å². The Balaban J connectivity index is 3.45. The number of aryl methyl sites for hydroxylation is 1. The van der Waals surface area contributed by atoms with E-state index in [0.717, 1.165) is 11.8 Å². The van der Waals surface area contributed by atoms with Gasteiger partial charge in [-0.3, -0.25) is 19.7 Å². The van der Waals surface area contributed by atoms with Gasteiger partial charge in [-0.25, -0.2) is 0 Å². The van der Waals surface area contributed by atoms with Gasteiger partial charge < -0.3 is 15.2 Å². The van der Waals surface area contributed by atoms with Crippen LogP contribution in [-0.2, 0) is 20.7 Å². The maximum Gasteiger partial charge on any atom is 0.344 e. The Kier molecular flexibility index (Phi) is 10.3. The number of hydrogen-bond donors (Lipinski definition) is 0. The number of benzene rings is 1. The highest BCUT2D eigenvalue weighted by molar-refractivity contribution is 6.96. The summed E-state index contributed by atoms with van der Waals surface area (Å²) in [6, 6.07) is 5.86. The fraction of sp³-hybridized carbons (Fsp3) is 0.625. The molecule has 1 aromatic carbocycles. The molecule has 0 heterocycles. The molecule has 0 fully saturated rings. The van der Waals surface area contributed by atoms with Crippen molar-refractivity contribution < 1.29 is 24.0 Å². The van der Waals surface area contributed by atoms with Gasteiger partial charge in [0.2, 0.25) is 0 Å². The number of carbonyl (C=O) groups excluding carboxylic acids is 2. The number of nitro groups is 1. The SMILES string of the molecule is CC(C)(C)C(=O)OCC(CCc1ccc([N+](=O)[O-])cc1)N(C(=O)C=[N+]=[N-])C([Si](C)(C)C)[Si](C)(C)C. The summed E-state index contributed by atoms with van der Waals surface area (Å²) in [5.74, 6) is -0.776. The Bertz CT molecular complexity index is 942. The van der Waals surface area contributed by atoms with Crippen molar-refractivity contribution in [2.24, 2.45) is 5.41 Å². The molecule has 9 nitrogen and oxygen atoms in total. The first kappa shape index (κ1) is 30.4. The van der Waals surface area contributed by atoms with Crippen LogP contribution in [0.2, 0.25) is 39.3 Å². The van der Waals surface area contributed by atoms with E-state index >= 15 is 0 Å². The van der Waals surface area contributed by atoms with Crippen molar-refractivity contribution in [2.75, 3.05) is 6.61 Å². The van der Waals surface area contributed by atoms with Crippen molar-refractivity contribution in [3.63, 3.8) is 0 Å². The van der Waals surface area contributed by atoms with Crippen molar-refractivity contribution >= 4 is 39.9 Å². The number of nitro benzene ring substituents is 1. The first-order valence-electron chi connectivity index (χ1n) is 11.8. The molecule has 0 aliphatic carbocycles. The zero-order valence-corrected chi connectivity index (χ0v) is 24.5. The Morgan fingerprint density at radius 2 is 1.63 bits per heavy atom. The Labute approximate surface area is 210 Å². The fourth-order valence-electron chi connectivity index (χ4n) is 4.58. The third kappa shape index (κ3) is 9.16. The van der Waals surface area contributed by atoms with E-state index in [1.165, 1.54) is 12.1 Å². The van der Waals surface area contributed by atoms with Gasteiger partial charge in [0.25, 0.3) is 5.69 Å². The quantitative estimate of drug-likeness (QED) is 0.0792. The Morgan fingerprint density at radius 1 is 1.11 bits per heavy atom. The number of esters is 1. The van der Waals surface area contributed by atoms with Gasteiger partial charge in [0.15, 0.2) is 0 Å². The number of hydrogen-bond acceptors (Lipinski definition) is 5. The molecule has 0 saturated heterocycles. The zero-order valence-electron chi connectivity index (χ0n) is 22.5. The molecule has 0 bridgehead atoms. The molecule has 11 heteroatoms. The van der Waals surface area contributed by atoms with Crippen LogP contribution in [0.3, 0.4) is 0 Å². The first-order valence-corrected chi connectivity index (χ1v) is 19.0. The van der Waals surface area contributed by atoms with Crippen LogP contribution in [0.4, 0.5) is 5.69 Å². The number of amides is 1. The summed E-state index contributed by atoms with van der Waals surface area (Å²) >= 11 is 0. The van der Waals surface area contributed by atoms with E-state index in [9.17, 15) is 19.7 Å². The molecule has 35 heavy (non-hydrogen) atoms. The van der Waals surface area contributed by atoms with Gasteiger partial charge in [-0.2, -0.15) is 4.79 Å². The summed E-state index contributed by atoms with van der Waals surface area (Å²) in [4.78, 5) is 41.3. The number of rotatable bonds is 11. The van der Waals surface area contributed by atoms with Crippen LogP contribution >= 0.6 is 0 Å². The van der Waals surface area contributed by atoms with Crippen LogP contribution in [0.25, 0.3) is 5.53 Å². The minimum atomic E-state index is -1.95. The molecule has 1 aromatic rings. The summed E-state index contributed by atoms with van der Waals surface area (Å²) in [5.41, 5.74) is 9.36. The standard InChI is InChI=1S/C24H40N4O5Si2/c1-24(2,3)22(30)33-17-20(15-12-18-10-13-19(14-11-18)28(31)32)27(21(29)16-26-25)23(34(4,5)6)35(7,8)9/h10-11,13-14,16,20,23H,12,15,17H2,1-9H3. The molecular weight excluding hydrogens is 480 g/mol. The van der Waals surface area contributed by atoms with E-state index in [1.54, 1.807) is 37.8 Å². The van der Waals surface area contributed by atoms with Gasteiger partial charge in [0.05, 0.1) is 32.5 Å². The second-order valence-corrected chi connectivity index (χ2v) is 23.2. The molecule has 1 amide bonds. The molecule has 194 valence electrons. The minimum Gasteiger partial charge on any atom is -0.463 e. The summed E-state index contributed by atoms with van der Waals surface area (Å²) in [6.45, 7) is 18.6. The number of non-ortho nitro benzene ring substituents is 1. The highest BCUT2D eigenvalue weighted by Crippen LogP contribution is 2.29. The van der Waals surface area contributed by atoms with Gasteiger partial charge in [-0.15, -0.1) is 0 Å². The smallest absolute Gasteiger partial charge is 0.344 e. The molecular formula is C24H40N4O5Si2. The van der Waals surface area contributed by atoms with Crippen molar-refractivity contribution in [3.05, 3.63) is 45.5 Å². The molecule has 1 unspecified atom stereocenters. The molecule has 0 aliphatic heterocycles. The number of nitrogens with zero attached hydrogens (tertiary/aromatic N) is 4. The van der Waals surface area contributed by atoms with Crippen LogP contribution in [-0.4, -0.2) is 66.8 Å². The summed E-state index contributed by atoms with van der Waals surface area (Å²) < 4.78 is 5.69. The minimum absolute atomic E-state index is 0.0119. The molecule has 1 rings (SSSR count). The van der Waals surface area contributed by atoms with Gasteiger partial charge in [0.1, 0.15) is 6.61 Å². The first-order chi connectivity index (χ1) is 15.9. The Morgan fingerprint density at radius 3 is 2.03 bits per heavy atom. The number of ether oxygens (including phenoxy) is 1. The maximum atomic E-state index is 13.3. The summed E-state index contributed by atoms with van der Waals surface area (Å²) in [5, 5.41) is 11.0. The highest BCUT2D eigenvalue weighted by Gasteiger charge is 2.46. The lowest BCUT2D eigenvalue weighted by Gasteiger charge is -2.48.